The molecule has 0 aromatic rings. The smallest absolute Gasteiger partial charge is 0.238 e. The van der Waals surface area contributed by atoms with Crippen LogP contribution in [-0.4, -0.2) is 29.6 Å². The molecule has 3 fully saturated rings. The molecule has 1 heterocycles. The van der Waals surface area contributed by atoms with Crippen LogP contribution in [0.5, 0.6) is 0 Å². The van der Waals surface area contributed by atoms with Crippen molar-refractivity contribution in [2.75, 3.05) is 6.54 Å². The third-order valence-electron chi connectivity index (χ3n) is 4.86. The second-order valence-electron chi connectivity index (χ2n) is 5.96. The van der Waals surface area contributed by atoms with Crippen molar-refractivity contribution in [2.24, 2.45) is 5.92 Å². The standard InChI is InChI=1S/C14H24N2O/c17-13-10-15-14(11-6-4-5-7-11)16(13)12-8-2-1-3-9-12/h11-12,14-15H,1-10H2. The molecule has 3 heteroatoms. The normalized spacial score (nSPS) is 32.6. The van der Waals surface area contributed by atoms with Gasteiger partial charge in [-0.1, -0.05) is 32.1 Å². The Morgan fingerprint density at radius 1 is 0.941 bits per heavy atom. The Morgan fingerprint density at radius 2 is 1.59 bits per heavy atom. The van der Waals surface area contributed by atoms with Crippen molar-refractivity contribution in [1.82, 2.24) is 10.2 Å². The Kier molecular flexibility index (Phi) is 3.37. The maximum atomic E-state index is 12.1. The van der Waals surface area contributed by atoms with Crippen LogP contribution in [0.15, 0.2) is 0 Å². The summed E-state index contributed by atoms with van der Waals surface area (Å²) in [5.74, 6) is 1.08. The van der Waals surface area contributed by atoms with Crippen molar-refractivity contribution in [3.05, 3.63) is 0 Å². The van der Waals surface area contributed by atoms with E-state index in [1.165, 1.54) is 57.8 Å². The fraction of sp³-hybridized carbons (Fsp3) is 0.929. The van der Waals surface area contributed by atoms with Crippen LogP contribution in [0, 0.1) is 5.92 Å². The molecule has 96 valence electrons. The van der Waals surface area contributed by atoms with Gasteiger partial charge in [-0.05, 0) is 31.6 Å². The van der Waals surface area contributed by atoms with E-state index in [2.05, 4.69) is 10.2 Å². The molecule has 2 saturated carbocycles. The summed E-state index contributed by atoms with van der Waals surface area (Å²) in [6.07, 6.45) is 12.2. The second-order valence-corrected chi connectivity index (χ2v) is 5.96. The number of nitrogens with zero attached hydrogens (tertiary/aromatic N) is 1. The van der Waals surface area contributed by atoms with Crippen LogP contribution in [0.25, 0.3) is 0 Å². The van der Waals surface area contributed by atoms with Gasteiger partial charge in [0.05, 0.1) is 12.7 Å². The lowest BCUT2D eigenvalue weighted by molar-refractivity contribution is -0.131. The first kappa shape index (κ1) is 11.5. The van der Waals surface area contributed by atoms with Gasteiger partial charge in [0.15, 0.2) is 0 Å². The van der Waals surface area contributed by atoms with E-state index in [0.717, 1.165) is 5.92 Å². The fourth-order valence-electron chi connectivity index (χ4n) is 3.99. The molecule has 3 nitrogen and oxygen atoms in total. The Hall–Kier alpha value is -0.570. The minimum Gasteiger partial charge on any atom is -0.323 e. The third kappa shape index (κ3) is 2.22. The van der Waals surface area contributed by atoms with Gasteiger partial charge >= 0.3 is 0 Å². The Morgan fingerprint density at radius 3 is 2.29 bits per heavy atom. The fourth-order valence-corrected chi connectivity index (χ4v) is 3.99. The third-order valence-corrected chi connectivity index (χ3v) is 4.86. The highest BCUT2D eigenvalue weighted by molar-refractivity contribution is 5.81. The zero-order chi connectivity index (χ0) is 11.7. The summed E-state index contributed by atoms with van der Waals surface area (Å²) >= 11 is 0. The van der Waals surface area contributed by atoms with Crippen molar-refractivity contribution in [3.8, 4) is 0 Å². The Bertz CT molecular complexity index is 280. The van der Waals surface area contributed by atoms with Gasteiger partial charge in [0, 0.05) is 6.04 Å². The lowest BCUT2D eigenvalue weighted by Gasteiger charge is -2.37. The quantitative estimate of drug-likeness (QED) is 0.797. The molecule has 0 radical (unpaired) electrons. The number of carbonyl (C=O) groups excluding carboxylic acids is 1. The lowest BCUT2D eigenvalue weighted by atomic mass is 9.92. The molecule has 1 N–H and O–H groups in total. The average Bonchev–Trinajstić information content (AvgIpc) is 2.98. The summed E-state index contributed by atoms with van der Waals surface area (Å²) in [6.45, 7) is 0.581. The summed E-state index contributed by atoms with van der Waals surface area (Å²) in [6, 6.07) is 0.539. The molecular weight excluding hydrogens is 212 g/mol. The minimum atomic E-state index is 0.355. The van der Waals surface area contributed by atoms with Gasteiger partial charge in [0.25, 0.3) is 0 Å². The lowest BCUT2D eigenvalue weighted by Crippen LogP contribution is -2.48. The number of hydrogen-bond acceptors (Lipinski definition) is 2. The molecule has 17 heavy (non-hydrogen) atoms. The van der Waals surface area contributed by atoms with Gasteiger partial charge in [0.2, 0.25) is 5.91 Å². The molecule has 0 aromatic heterocycles. The molecule has 1 saturated heterocycles. The second kappa shape index (κ2) is 4.97. The number of nitrogens with one attached hydrogen (secondary N) is 1. The van der Waals surface area contributed by atoms with E-state index in [4.69, 9.17) is 0 Å². The molecular formula is C14H24N2O. The summed E-state index contributed by atoms with van der Waals surface area (Å²) in [4.78, 5) is 14.3. The monoisotopic (exact) mass is 236 g/mol. The molecule has 1 amide bonds. The number of carbonyl (C=O) groups is 1. The highest BCUT2D eigenvalue weighted by Crippen LogP contribution is 2.34. The first-order valence-electron chi connectivity index (χ1n) is 7.41. The molecule has 0 spiro atoms. The van der Waals surface area contributed by atoms with E-state index in [1.807, 2.05) is 0 Å². The zero-order valence-corrected chi connectivity index (χ0v) is 10.7. The molecule has 3 rings (SSSR count). The van der Waals surface area contributed by atoms with E-state index in [1.54, 1.807) is 0 Å². The zero-order valence-electron chi connectivity index (χ0n) is 10.7. The predicted molar refractivity (Wildman–Crippen MR) is 67.5 cm³/mol. The van der Waals surface area contributed by atoms with E-state index >= 15 is 0 Å². The van der Waals surface area contributed by atoms with Gasteiger partial charge in [-0.25, -0.2) is 0 Å². The summed E-state index contributed by atoms with van der Waals surface area (Å²) in [5.41, 5.74) is 0. The minimum absolute atomic E-state index is 0.355. The number of amides is 1. The molecule has 2 aliphatic carbocycles. The topological polar surface area (TPSA) is 32.3 Å². The SMILES string of the molecule is O=C1CNC(C2CCCC2)N1C1CCCCC1. The van der Waals surface area contributed by atoms with Gasteiger partial charge < -0.3 is 4.90 Å². The van der Waals surface area contributed by atoms with Crippen LogP contribution in [0.3, 0.4) is 0 Å². The van der Waals surface area contributed by atoms with Gasteiger partial charge in [0.1, 0.15) is 0 Å². The van der Waals surface area contributed by atoms with E-state index in [0.29, 0.717) is 24.7 Å². The van der Waals surface area contributed by atoms with Crippen molar-refractivity contribution in [3.63, 3.8) is 0 Å². The average molecular weight is 236 g/mol. The largest absolute Gasteiger partial charge is 0.323 e. The first-order chi connectivity index (χ1) is 8.36. The molecule has 1 atom stereocenters. The maximum absolute atomic E-state index is 12.1. The first-order valence-corrected chi connectivity index (χ1v) is 7.41. The predicted octanol–water partition coefficient (Wildman–Crippen LogP) is 2.27. The van der Waals surface area contributed by atoms with Crippen molar-refractivity contribution in [2.45, 2.75) is 70.0 Å². The summed E-state index contributed by atoms with van der Waals surface area (Å²) < 4.78 is 0. The van der Waals surface area contributed by atoms with Crippen LogP contribution >= 0.6 is 0 Å². The highest BCUT2D eigenvalue weighted by atomic mass is 16.2. The maximum Gasteiger partial charge on any atom is 0.238 e. The summed E-state index contributed by atoms with van der Waals surface area (Å²) in [5, 5.41) is 3.47. The molecule has 1 unspecified atom stereocenters. The van der Waals surface area contributed by atoms with E-state index < -0.39 is 0 Å². The molecule has 0 bridgehead atoms. The van der Waals surface area contributed by atoms with E-state index in [9.17, 15) is 4.79 Å². The van der Waals surface area contributed by atoms with Gasteiger partial charge in [-0.3, -0.25) is 10.1 Å². The van der Waals surface area contributed by atoms with Crippen LogP contribution in [0.1, 0.15) is 57.8 Å². The van der Waals surface area contributed by atoms with Crippen molar-refractivity contribution < 1.29 is 4.79 Å². The van der Waals surface area contributed by atoms with E-state index in [-0.39, 0.29) is 0 Å². The van der Waals surface area contributed by atoms with Gasteiger partial charge in [-0.2, -0.15) is 0 Å². The number of rotatable bonds is 2. The Labute approximate surface area is 104 Å². The van der Waals surface area contributed by atoms with Crippen LogP contribution in [0.2, 0.25) is 0 Å². The summed E-state index contributed by atoms with van der Waals surface area (Å²) in [7, 11) is 0. The van der Waals surface area contributed by atoms with Crippen LogP contribution < -0.4 is 5.32 Å². The number of hydrogen-bond donors (Lipinski definition) is 1. The highest BCUT2D eigenvalue weighted by Gasteiger charge is 2.40. The Balaban J connectivity index is 1.71. The molecule has 3 aliphatic rings. The van der Waals surface area contributed by atoms with Crippen LogP contribution in [0.4, 0.5) is 0 Å². The molecule has 0 aromatic carbocycles. The van der Waals surface area contributed by atoms with Crippen molar-refractivity contribution >= 4 is 5.91 Å². The van der Waals surface area contributed by atoms with Gasteiger partial charge in [-0.15, -0.1) is 0 Å². The van der Waals surface area contributed by atoms with Crippen molar-refractivity contribution in [1.29, 1.82) is 0 Å². The van der Waals surface area contributed by atoms with Crippen LogP contribution in [-0.2, 0) is 4.79 Å². The molecule has 1 aliphatic heterocycles.